The predicted octanol–water partition coefficient (Wildman–Crippen LogP) is 0.819. The van der Waals surface area contributed by atoms with Gasteiger partial charge in [-0.15, -0.1) is 0 Å². The fourth-order valence-electron chi connectivity index (χ4n) is 1.47. The Morgan fingerprint density at radius 2 is 2.11 bits per heavy atom. The molecule has 0 spiro atoms. The molecular formula is C12H14N4O2. The number of carbonyl (C=O) groups is 1. The van der Waals surface area contributed by atoms with E-state index in [1.807, 2.05) is 12.1 Å². The van der Waals surface area contributed by atoms with Crippen molar-refractivity contribution in [1.29, 1.82) is 0 Å². The van der Waals surface area contributed by atoms with E-state index >= 15 is 0 Å². The number of nitrogen functional groups attached to an aromatic ring is 1. The number of hydrogen-bond donors (Lipinski definition) is 2. The number of nitrogens with zero attached hydrogens (tertiary/aromatic N) is 2. The minimum atomic E-state index is -0.101. The van der Waals surface area contributed by atoms with Gasteiger partial charge in [-0.05, 0) is 24.6 Å². The molecule has 1 heterocycles. The molecule has 0 radical (unpaired) electrons. The number of hydrogen-bond acceptors (Lipinski definition) is 5. The third kappa shape index (κ3) is 3.31. The van der Waals surface area contributed by atoms with E-state index in [4.69, 9.17) is 10.3 Å². The number of aromatic nitrogens is 2. The molecule has 0 aliphatic heterocycles. The summed E-state index contributed by atoms with van der Waals surface area (Å²) in [6.07, 6.45) is 0.299. The summed E-state index contributed by atoms with van der Waals surface area (Å²) < 4.78 is 4.89. The van der Waals surface area contributed by atoms with Crippen molar-refractivity contribution in [3.8, 4) is 0 Å². The Balaban J connectivity index is 1.83. The molecule has 94 valence electrons. The molecule has 18 heavy (non-hydrogen) atoms. The highest BCUT2D eigenvalue weighted by molar-refractivity contribution is 5.78. The van der Waals surface area contributed by atoms with Crippen molar-refractivity contribution < 1.29 is 9.32 Å². The van der Waals surface area contributed by atoms with Crippen LogP contribution in [0.25, 0.3) is 0 Å². The van der Waals surface area contributed by atoms with Gasteiger partial charge in [-0.1, -0.05) is 17.3 Å². The largest absolute Gasteiger partial charge is 0.399 e. The zero-order valence-electron chi connectivity index (χ0n) is 10.0. The average molecular weight is 246 g/mol. The Morgan fingerprint density at radius 3 is 2.72 bits per heavy atom. The molecule has 0 unspecified atom stereocenters. The van der Waals surface area contributed by atoms with Crippen LogP contribution in [0.2, 0.25) is 0 Å². The summed E-state index contributed by atoms with van der Waals surface area (Å²) in [7, 11) is 0. The van der Waals surface area contributed by atoms with Gasteiger partial charge in [-0.25, -0.2) is 0 Å². The van der Waals surface area contributed by atoms with Crippen LogP contribution in [0.1, 0.15) is 17.3 Å². The number of benzene rings is 1. The Hall–Kier alpha value is -2.37. The molecule has 6 nitrogen and oxygen atoms in total. The SMILES string of the molecule is Cc1noc(CNC(=O)Cc2ccc(N)cc2)n1. The third-order valence-electron chi connectivity index (χ3n) is 2.35. The maximum Gasteiger partial charge on any atom is 0.246 e. The highest BCUT2D eigenvalue weighted by Crippen LogP contribution is 2.06. The number of rotatable bonds is 4. The number of amides is 1. The van der Waals surface area contributed by atoms with Gasteiger partial charge >= 0.3 is 0 Å². The predicted molar refractivity (Wildman–Crippen MR) is 65.4 cm³/mol. The van der Waals surface area contributed by atoms with E-state index in [2.05, 4.69) is 15.5 Å². The quantitative estimate of drug-likeness (QED) is 0.779. The summed E-state index contributed by atoms with van der Waals surface area (Å²) in [5.41, 5.74) is 7.15. The second-order valence-corrected chi connectivity index (χ2v) is 3.93. The van der Waals surface area contributed by atoms with Gasteiger partial charge in [-0.3, -0.25) is 4.79 Å². The molecule has 1 aromatic heterocycles. The third-order valence-corrected chi connectivity index (χ3v) is 2.35. The molecule has 1 aromatic carbocycles. The summed E-state index contributed by atoms with van der Waals surface area (Å²) in [4.78, 5) is 15.6. The van der Waals surface area contributed by atoms with Crippen LogP contribution in [0.3, 0.4) is 0 Å². The number of anilines is 1. The summed E-state index contributed by atoms with van der Waals surface area (Å²) in [5.74, 6) is 0.853. The molecule has 2 rings (SSSR count). The molecule has 0 fully saturated rings. The van der Waals surface area contributed by atoms with Gasteiger partial charge in [0.1, 0.15) is 0 Å². The fourth-order valence-corrected chi connectivity index (χ4v) is 1.47. The van der Waals surface area contributed by atoms with E-state index in [-0.39, 0.29) is 12.5 Å². The molecule has 1 amide bonds. The first-order chi connectivity index (χ1) is 8.63. The minimum absolute atomic E-state index is 0.101. The number of carbonyl (C=O) groups excluding carboxylic acids is 1. The van der Waals surface area contributed by atoms with Crippen molar-refractivity contribution in [2.24, 2.45) is 0 Å². The van der Waals surface area contributed by atoms with Crippen LogP contribution in [0.15, 0.2) is 28.8 Å². The maximum absolute atomic E-state index is 11.6. The van der Waals surface area contributed by atoms with Crippen molar-refractivity contribution in [1.82, 2.24) is 15.5 Å². The molecule has 0 aliphatic carbocycles. The van der Waals surface area contributed by atoms with Crippen molar-refractivity contribution >= 4 is 11.6 Å². The standard InChI is InChI=1S/C12H14N4O2/c1-8-15-12(18-16-8)7-14-11(17)6-9-2-4-10(13)5-3-9/h2-5H,6-7,13H2,1H3,(H,14,17). The second-order valence-electron chi connectivity index (χ2n) is 3.93. The number of aryl methyl sites for hydroxylation is 1. The second kappa shape index (κ2) is 5.31. The zero-order valence-corrected chi connectivity index (χ0v) is 10.0. The van der Waals surface area contributed by atoms with E-state index in [1.165, 1.54) is 0 Å². The molecule has 0 saturated heterocycles. The maximum atomic E-state index is 11.6. The van der Waals surface area contributed by atoms with Crippen LogP contribution >= 0.6 is 0 Å². The van der Waals surface area contributed by atoms with Crippen LogP contribution in [0, 0.1) is 6.92 Å². The molecule has 6 heteroatoms. The normalized spacial score (nSPS) is 10.3. The van der Waals surface area contributed by atoms with Gasteiger partial charge < -0.3 is 15.6 Å². The van der Waals surface area contributed by atoms with Crippen LogP contribution in [-0.2, 0) is 17.8 Å². The first-order valence-corrected chi connectivity index (χ1v) is 5.54. The van der Waals surface area contributed by atoms with Gasteiger partial charge in [0, 0.05) is 5.69 Å². The first kappa shape index (κ1) is 12.1. The van der Waals surface area contributed by atoms with E-state index < -0.39 is 0 Å². The van der Waals surface area contributed by atoms with Gasteiger partial charge in [-0.2, -0.15) is 4.98 Å². The average Bonchev–Trinajstić information content (AvgIpc) is 2.76. The van der Waals surface area contributed by atoms with E-state index in [0.717, 1.165) is 5.56 Å². The lowest BCUT2D eigenvalue weighted by atomic mass is 10.1. The van der Waals surface area contributed by atoms with Gasteiger partial charge in [0.25, 0.3) is 0 Å². The summed E-state index contributed by atoms with van der Waals surface area (Å²) in [6, 6.07) is 7.19. The minimum Gasteiger partial charge on any atom is -0.399 e. The van der Waals surface area contributed by atoms with Crippen molar-refractivity contribution in [3.63, 3.8) is 0 Å². The molecule has 0 aliphatic rings. The lowest BCUT2D eigenvalue weighted by molar-refractivity contribution is -0.120. The number of nitrogens with one attached hydrogen (secondary N) is 1. The first-order valence-electron chi connectivity index (χ1n) is 5.54. The van der Waals surface area contributed by atoms with Gasteiger partial charge in [0.15, 0.2) is 5.82 Å². The summed E-state index contributed by atoms with van der Waals surface area (Å²) in [5, 5.41) is 6.35. The van der Waals surface area contributed by atoms with Crippen molar-refractivity contribution in [2.45, 2.75) is 19.9 Å². The van der Waals surface area contributed by atoms with Crippen molar-refractivity contribution in [2.75, 3.05) is 5.73 Å². The van der Waals surface area contributed by atoms with Crippen molar-refractivity contribution in [3.05, 3.63) is 41.5 Å². The molecular weight excluding hydrogens is 232 g/mol. The van der Waals surface area contributed by atoms with E-state index in [0.29, 0.717) is 23.8 Å². The highest BCUT2D eigenvalue weighted by atomic mass is 16.5. The Kier molecular flexibility index (Phi) is 3.57. The smallest absolute Gasteiger partial charge is 0.246 e. The lowest BCUT2D eigenvalue weighted by Crippen LogP contribution is -2.24. The lowest BCUT2D eigenvalue weighted by Gasteiger charge is -2.03. The molecule has 3 N–H and O–H groups in total. The monoisotopic (exact) mass is 246 g/mol. The summed E-state index contributed by atoms with van der Waals surface area (Å²) in [6.45, 7) is 1.97. The zero-order chi connectivity index (χ0) is 13.0. The molecule has 0 bridgehead atoms. The Morgan fingerprint density at radius 1 is 1.39 bits per heavy atom. The Labute approximate surface area is 104 Å². The van der Waals surface area contributed by atoms with Gasteiger partial charge in [0.05, 0.1) is 13.0 Å². The molecule has 0 atom stereocenters. The van der Waals surface area contributed by atoms with E-state index in [9.17, 15) is 4.79 Å². The van der Waals surface area contributed by atoms with Crippen LogP contribution in [0.5, 0.6) is 0 Å². The van der Waals surface area contributed by atoms with Gasteiger partial charge in [0.2, 0.25) is 11.8 Å². The van der Waals surface area contributed by atoms with Crippen LogP contribution in [0.4, 0.5) is 5.69 Å². The van der Waals surface area contributed by atoms with Crippen LogP contribution < -0.4 is 11.1 Å². The molecule has 0 saturated carbocycles. The van der Waals surface area contributed by atoms with Crippen LogP contribution in [-0.4, -0.2) is 16.0 Å². The highest BCUT2D eigenvalue weighted by Gasteiger charge is 2.06. The Bertz CT molecular complexity index is 533. The number of nitrogens with two attached hydrogens (primary N) is 1. The fraction of sp³-hybridized carbons (Fsp3) is 0.250. The molecule has 2 aromatic rings. The summed E-state index contributed by atoms with van der Waals surface area (Å²) >= 11 is 0. The van der Waals surface area contributed by atoms with E-state index in [1.54, 1.807) is 19.1 Å². The topological polar surface area (TPSA) is 94.0 Å².